The Bertz CT molecular complexity index is 2620. The van der Waals surface area contributed by atoms with Crippen LogP contribution in [-0.4, -0.2) is 0 Å². The fraction of sp³-hybridized carbons (Fsp3) is 0. The van der Waals surface area contributed by atoms with Gasteiger partial charge in [-0.15, -0.1) is 45.3 Å². The quantitative estimate of drug-likeness (QED) is 0.176. The Kier molecular flexibility index (Phi) is 5.24. The molecule has 4 aromatic heterocycles. The molecule has 0 amide bonds. The Balaban J connectivity index is 1.10. The van der Waals surface area contributed by atoms with Gasteiger partial charge in [0.15, 0.2) is 0 Å². The summed E-state index contributed by atoms with van der Waals surface area (Å²) in [5.74, 6) is -0.765. The van der Waals surface area contributed by atoms with Crippen LogP contribution in [0.15, 0.2) is 108 Å². The summed E-state index contributed by atoms with van der Waals surface area (Å²) in [7, 11) is 0. The predicted molar refractivity (Wildman–Crippen MR) is 191 cm³/mol. The van der Waals surface area contributed by atoms with Gasteiger partial charge >= 0.3 is 0 Å². The molecule has 0 N–H and O–H groups in total. The molecule has 0 spiro atoms. The van der Waals surface area contributed by atoms with Crippen molar-refractivity contribution in [2.45, 2.75) is 0 Å². The number of halogens is 2. The molecular weight excluding hydrogens is 623 g/mol. The summed E-state index contributed by atoms with van der Waals surface area (Å²) in [6.45, 7) is 0. The third-order valence-corrected chi connectivity index (χ3v) is 13.2. The van der Waals surface area contributed by atoms with Gasteiger partial charge in [0.25, 0.3) is 0 Å². The lowest BCUT2D eigenvalue weighted by Gasteiger charge is -2.09. The highest BCUT2D eigenvalue weighted by atomic mass is 32.1. The van der Waals surface area contributed by atoms with Gasteiger partial charge < -0.3 is 0 Å². The number of fused-ring (bicyclic) bond motifs is 11. The van der Waals surface area contributed by atoms with E-state index in [0.29, 0.717) is 21.9 Å². The van der Waals surface area contributed by atoms with Crippen LogP contribution in [0.5, 0.6) is 0 Å². The lowest BCUT2D eigenvalue weighted by atomic mass is 10.0. The van der Waals surface area contributed by atoms with Gasteiger partial charge in [-0.3, -0.25) is 0 Å². The zero-order chi connectivity index (χ0) is 29.1. The van der Waals surface area contributed by atoms with Gasteiger partial charge in [0.1, 0.15) is 11.6 Å². The van der Waals surface area contributed by atoms with Crippen molar-refractivity contribution in [3.8, 4) is 20.9 Å². The van der Waals surface area contributed by atoms with Crippen molar-refractivity contribution in [2.24, 2.45) is 0 Å². The molecular formula is C38H18F2S4. The molecule has 44 heavy (non-hydrogen) atoms. The summed E-state index contributed by atoms with van der Waals surface area (Å²) >= 11 is 6.68. The van der Waals surface area contributed by atoms with Crippen LogP contribution in [0.2, 0.25) is 0 Å². The van der Waals surface area contributed by atoms with E-state index in [1.807, 2.05) is 0 Å². The second-order valence-electron chi connectivity index (χ2n) is 11.1. The van der Waals surface area contributed by atoms with Crippen molar-refractivity contribution in [1.82, 2.24) is 0 Å². The molecule has 0 aliphatic carbocycles. The minimum Gasteiger partial charge on any atom is -0.206 e. The van der Waals surface area contributed by atoms with Crippen molar-refractivity contribution in [2.75, 3.05) is 0 Å². The van der Waals surface area contributed by atoms with Gasteiger partial charge in [-0.05, 0) is 68.7 Å². The number of thiophene rings is 4. The highest BCUT2D eigenvalue weighted by Crippen LogP contribution is 2.45. The van der Waals surface area contributed by atoms with Crippen LogP contribution in [0.3, 0.4) is 0 Å². The Labute approximate surface area is 265 Å². The molecule has 0 aliphatic rings. The molecule has 6 aromatic carbocycles. The molecule has 0 radical (unpaired) electrons. The van der Waals surface area contributed by atoms with Crippen LogP contribution in [0.1, 0.15) is 0 Å². The third-order valence-electron chi connectivity index (χ3n) is 8.79. The minimum absolute atomic E-state index is 0.304. The third kappa shape index (κ3) is 3.45. The summed E-state index contributed by atoms with van der Waals surface area (Å²) in [4.78, 5) is 1.69. The maximum atomic E-state index is 16.2. The van der Waals surface area contributed by atoms with E-state index in [0.717, 1.165) is 29.9 Å². The van der Waals surface area contributed by atoms with Gasteiger partial charge in [0.05, 0.1) is 0 Å². The van der Waals surface area contributed by atoms with Crippen molar-refractivity contribution >= 4 is 118 Å². The minimum atomic E-state index is -0.383. The maximum Gasteiger partial charge on any atom is 0.139 e. The first kappa shape index (κ1) is 25.2. The van der Waals surface area contributed by atoms with Crippen molar-refractivity contribution in [3.05, 3.63) is 119 Å². The molecule has 0 nitrogen and oxygen atoms in total. The Morgan fingerprint density at radius 1 is 0.364 bits per heavy atom. The molecule has 0 aliphatic heterocycles. The number of hydrogen-bond acceptors (Lipinski definition) is 4. The van der Waals surface area contributed by atoms with Gasteiger partial charge in [0, 0.05) is 72.0 Å². The van der Waals surface area contributed by atoms with Gasteiger partial charge in [0.2, 0.25) is 0 Å². The molecule has 0 saturated carbocycles. The smallest absolute Gasteiger partial charge is 0.139 e. The molecule has 4 heterocycles. The molecule has 10 rings (SSSR count). The van der Waals surface area contributed by atoms with Crippen LogP contribution >= 0.6 is 45.3 Å². The van der Waals surface area contributed by atoms with E-state index in [2.05, 4.69) is 83.6 Å². The number of benzene rings is 6. The standard InChI is InChI=1S/C38H18F2S4/c39-33-23-10-12-30(32-18-22-4-8-26-28(38(22)44-32)6-2-20-14-16-42-36(20)26)34(40)24(23)9-11-29(33)31-17-21-3-7-25-27(37(21)43-31)5-1-19-13-15-41-35(19)25/h1-18H. The lowest BCUT2D eigenvalue weighted by Crippen LogP contribution is -1.90. The topological polar surface area (TPSA) is 0 Å². The molecule has 0 fully saturated rings. The second-order valence-corrected chi connectivity index (χ2v) is 15.1. The van der Waals surface area contributed by atoms with E-state index >= 15 is 8.78 Å². The van der Waals surface area contributed by atoms with Crippen molar-refractivity contribution < 1.29 is 8.78 Å². The fourth-order valence-electron chi connectivity index (χ4n) is 6.64. The summed E-state index contributed by atoms with van der Waals surface area (Å²) < 4.78 is 37.2. The predicted octanol–water partition coefficient (Wildman–Crippen LogP) is 13.6. The number of hydrogen-bond donors (Lipinski definition) is 0. The van der Waals surface area contributed by atoms with Crippen molar-refractivity contribution in [1.29, 1.82) is 0 Å². The van der Waals surface area contributed by atoms with Crippen LogP contribution in [0.25, 0.3) is 93.5 Å². The van der Waals surface area contributed by atoms with Crippen LogP contribution in [0.4, 0.5) is 8.78 Å². The van der Waals surface area contributed by atoms with E-state index in [4.69, 9.17) is 0 Å². The van der Waals surface area contributed by atoms with Crippen LogP contribution in [-0.2, 0) is 0 Å². The Hall–Kier alpha value is -4.20. The average Bonchev–Trinajstić information content (AvgIpc) is 3.86. The highest BCUT2D eigenvalue weighted by molar-refractivity contribution is 7.24. The van der Waals surface area contributed by atoms with E-state index in [1.165, 1.54) is 41.7 Å². The van der Waals surface area contributed by atoms with Gasteiger partial charge in [-0.1, -0.05) is 60.7 Å². The second kappa shape index (κ2) is 9.16. The van der Waals surface area contributed by atoms with E-state index in [-0.39, 0.29) is 11.6 Å². The Morgan fingerprint density at radius 3 is 1.20 bits per heavy atom. The highest BCUT2D eigenvalue weighted by Gasteiger charge is 2.19. The zero-order valence-electron chi connectivity index (χ0n) is 22.8. The monoisotopic (exact) mass is 640 g/mol. The van der Waals surface area contributed by atoms with Crippen molar-refractivity contribution in [3.63, 3.8) is 0 Å². The summed E-state index contributed by atoms with van der Waals surface area (Å²) in [5, 5.41) is 14.3. The molecule has 0 atom stereocenters. The maximum absolute atomic E-state index is 16.2. The first-order valence-corrected chi connectivity index (χ1v) is 17.6. The first-order chi connectivity index (χ1) is 21.6. The zero-order valence-corrected chi connectivity index (χ0v) is 26.0. The summed E-state index contributed by atoms with van der Waals surface area (Å²) in [6, 6.07) is 32.6. The molecule has 10 aromatic rings. The molecule has 6 heteroatoms. The molecule has 0 bridgehead atoms. The fourth-order valence-corrected chi connectivity index (χ4v) is 10.9. The van der Waals surface area contributed by atoms with E-state index in [1.54, 1.807) is 69.6 Å². The van der Waals surface area contributed by atoms with Gasteiger partial charge in [-0.25, -0.2) is 8.78 Å². The molecule has 208 valence electrons. The SMILES string of the molecule is Fc1c(-c2cc3ccc4c(ccc5ccsc54)c3s2)ccc2c(F)c(-c3cc4ccc5c(ccc6ccsc65)c4s3)ccc12. The normalized spacial score (nSPS) is 12.3. The van der Waals surface area contributed by atoms with Crippen LogP contribution < -0.4 is 0 Å². The molecule has 0 saturated heterocycles. The molecule has 0 unspecified atom stereocenters. The largest absolute Gasteiger partial charge is 0.206 e. The number of rotatable bonds is 2. The first-order valence-electron chi connectivity index (χ1n) is 14.2. The van der Waals surface area contributed by atoms with E-state index in [9.17, 15) is 0 Å². The van der Waals surface area contributed by atoms with Crippen LogP contribution in [0, 0.1) is 11.6 Å². The van der Waals surface area contributed by atoms with E-state index < -0.39 is 0 Å². The lowest BCUT2D eigenvalue weighted by molar-refractivity contribution is 0.633. The average molecular weight is 641 g/mol. The summed E-state index contributed by atoms with van der Waals surface area (Å²) in [6.07, 6.45) is 0. The Morgan fingerprint density at radius 2 is 0.750 bits per heavy atom. The summed E-state index contributed by atoms with van der Waals surface area (Å²) in [5.41, 5.74) is 1.01. The van der Waals surface area contributed by atoms with Gasteiger partial charge in [-0.2, -0.15) is 0 Å².